The van der Waals surface area contributed by atoms with Crippen molar-refractivity contribution in [2.75, 3.05) is 18.8 Å². The van der Waals surface area contributed by atoms with E-state index in [9.17, 15) is 24.5 Å². The van der Waals surface area contributed by atoms with Crippen molar-refractivity contribution in [3.63, 3.8) is 0 Å². The van der Waals surface area contributed by atoms with E-state index in [0.717, 1.165) is 17.0 Å². The lowest BCUT2D eigenvalue weighted by molar-refractivity contribution is -0.384. The van der Waals surface area contributed by atoms with Gasteiger partial charge in [-0.05, 0) is 0 Å². The van der Waals surface area contributed by atoms with E-state index in [1.165, 1.54) is 0 Å². The Hall–Kier alpha value is -2.68. The minimum Gasteiger partial charge on any atom is -0.397 e. The number of rotatable bonds is 2. The van der Waals surface area contributed by atoms with Crippen LogP contribution in [0.3, 0.4) is 0 Å². The number of nitrogens with one attached hydrogen (secondary N) is 1. The number of piperazine rings is 1. The molecule has 110 valence electrons. The molecule has 3 amide bonds. The second-order valence-corrected chi connectivity index (χ2v) is 4.69. The Morgan fingerprint density at radius 3 is 2.43 bits per heavy atom. The zero-order chi connectivity index (χ0) is 15.7. The molecule has 1 heterocycles. The summed E-state index contributed by atoms with van der Waals surface area (Å²) in [7, 11) is 0. The van der Waals surface area contributed by atoms with Crippen LogP contribution >= 0.6 is 11.6 Å². The van der Waals surface area contributed by atoms with Crippen LogP contribution in [0.5, 0.6) is 0 Å². The minimum absolute atomic E-state index is 0.148. The summed E-state index contributed by atoms with van der Waals surface area (Å²) in [6, 6.07) is 1.97. The molecule has 0 atom stereocenters. The maximum absolute atomic E-state index is 12.3. The van der Waals surface area contributed by atoms with E-state index in [4.69, 9.17) is 17.3 Å². The van der Waals surface area contributed by atoms with E-state index >= 15 is 0 Å². The molecule has 3 N–H and O–H groups in total. The number of amides is 3. The van der Waals surface area contributed by atoms with E-state index in [-0.39, 0.29) is 29.4 Å². The van der Waals surface area contributed by atoms with Crippen LogP contribution in [0.2, 0.25) is 5.02 Å². The molecule has 0 aliphatic carbocycles. The van der Waals surface area contributed by atoms with Crippen molar-refractivity contribution in [3.8, 4) is 0 Å². The van der Waals surface area contributed by atoms with Crippen molar-refractivity contribution < 1.29 is 19.3 Å². The number of nitrogens with two attached hydrogens (primary N) is 1. The van der Waals surface area contributed by atoms with E-state index < -0.39 is 28.3 Å². The Balaban J connectivity index is 2.41. The van der Waals surface area contributed by atoms with Crippen LogP contribution in [-0.4, -0.2) is 40.6 Å². The smallest absolute Gasteiger partial charge is 0.271 e. The van der Waals surface area contributed by atoms with Gasteiger partial charge in [0.25, 0.3) is 11.6 Å². The van der Waals surface area contributed by atoms with Crippen LogP contribution in [-0.2, 0) is 9.59 Å². The summed E-state index contributed by atoms with van der Waals surface area (Å²) in [5, 5.41) is 12.7. The lowest BCUT2D eigenvalue weighted by Crippen LogP contribution is -2.53. The topological polar surface area (TPSA) is 136 Å². The van der Waals surface area contributed by atoms with Crippen molar-refractivity contribution in [2.45, 2.75) is 0 Å². The van der Waals surface area contributed by atoms with Crippen molar-refractivity contribution in [3.05, 3.63) is 32.8 Å². The number of imide groups is 1. The standard InChI is InChI=1S/C11H9ClN4O5/c12-7-2-5(16(20)21)1-6(10(7)13)11(19)15-3-8(17)14-9(18)4-15/h1-2H,3-4,13H2,(H,14,17,18). The number of carbonyl (C=O) groups excluding carboxylic acids is 3. The highest BCUT2D eigenvalue weighted by Gasteiger charge is 2.29. The number of anilines is 1. The molecule has 1 aliphatic heterocycles. The molecule has 9 nitrogen and oxygen atoms in total. The molecule has 0 spiro atoms. The molecule has 1 aromatic carbocycles. The molecule has 0 aromatic heterocycles. The first-order valence-corrected chi connectivity index (χ1v) is 6.02. The molecular formula is C11H9ClN4O5. The van der Waals surface area contributed by atoms with Crippen LogP contribution in [0.4, 0.5) is 11.4 Å². The van der Waals surface area contributed by atoms with E-state index in [0.29, 0.717) is 0 Å². The number of halogens is 1. The Morgan fingerprint density at radius 2 is 1.90 bits per heavy atom. The number of benzene rings is 1. The Labute approximate surface area is 122 Å². The molecule has 0 unspecified atom stereocenters. The predicted molar refractivity (Wildman–Crippen MR) is 71.6 cm³/mol. The first-order chi connectivity index (χ1) is 9.79. The quantitative estimate of drug-likeness (QED) is 0.339. The fourth-order valence-corrected chi connectivity index (χ4v) is 2.05. The average Bonchev–Trinajstić information content (AvgIpc) is 2.39. The number of nitrogens with zero attached hydrogens (tertiary/aromatic N) is 2. The first kappa shape index (κ1) is 14.7. The summed E-state index contributed by atoms with van der Waals surface area (Å²) in [6.07, 6.45) is 0. The van der Waals surface area contributed by atoms with Gasteiger partial charge >= 0.3 is 0 Å². The number of carbonyl (C=O) groups is 3. The van der Waals surface area contributed by atoms with Gasteiger partial charge < -0.3 is 10.6 Å². The molecule has 1 aromatic rings. The molecule has 0 bridgehead atoms. The van der Waals surface area contributed by atoms with E-state index in [1.807, 2.05) is 5.32 Å². The number of nitro benzene ring substituents is 1. The van der Waals surface area contributed by atoms with Crippen molar-refractivity contribution >= 4 is 40.7 Å². The molecule has 2 rings (SSSR count). The first-order valence-electron chi connectivity index (χ1n) is 5.65. The van der Waals surface area contributed by atoms with Crippen molar-refractivity contribution in [1.29, 1.82) is 0 Å². The van der Waals surface area contributed by atoms with Gasteiger partial charge in [-0.1, -0.05) is 11.6 Å². The number of hydrogen-bond donors (Lipinski definition) is 2. The third-order valence-corrected chi connectivity index (χ3v) is 3.10. The zero-order valence-electron chi connectivity index (χ0n) is 10.5. The summed E-state index contributed by atoms with van der Waals surface area (Å²) >= 11 is 5.76. The molecule has 1 fully saturated rings. The minimum atomic E-state index is -0.777. The second-order valence-electron chi connectivity index (χ2n) is 4.28. The monoisotopic (exact) mass is 312 g/mol. The normalized spacial score (nSPS) is 14.8. The fourth-order valence-electron chi connectivity index (χ4n) is 1.84. The van der Waals surface area contributed by atoms with Crippen LogP contribution in [0.25, 0.3) is 0 Å². The molecule has 21 heavy (non-hydrogen) atoms. The van der Waals surface area contributed by atoms with Crippen molar-refractivity contribution in [1.82, 2.24) is 10.2 Å². The zero-order valence-corrected chi connectivity index (χ0v) is 11.2. The van der Waals surface area contributed by atoms with Gasteiger partial charge in [0.05, 0.1) is 21.2 Å². The number of non-ortho nitro benzene ring substituents is 1. The van der Waals surface area contributed by atoms with Crippen molar-refractivity contribution in [2.24, 2.45) is 0 Å². The fraction of sp³-hybridized carbons (Fsp3) is 0.182. The highest BCUT2D eigenvalue weighted by molar-refractivity contribution is 6.34. The van der Waals surface area contributed by atoms with Crippen LogP contribution in [0.1, 0.15) is 10.4 Å². The summed E-state index contributed by atoms with van der Waals surface area (Å²) in [5.41, 5.74) is 4.86. The van der Waals surface area contributed by atoms with Gasteiger partial charge in [0.15, 0.2) is 0 Å². The van der Waals surface area contributed by atoms with Gasteiger partial charge in [-0.2, -0.15) is 0 Å². The lowest BCUT2D eigenvalue weighted by atomic mass is 10.1. The number of hydrogen-bond acceptors (Lipinski definition) is 6. The van der Waals surface area contributed by atoms with Crippen LogP contribution < -0.4 is 11.1 Å². The largest absolute Gasteiger partial charge is 0.397 e. The number of nitro groups is 1. The third-order valence-electron chi connectivity index (χ3n) is 2.79. The third kappa shape index (κ3) is 2.92. The average molecular weight is 313 g/mol. The van der Waals surface area contributed by atoms with Crippen LogP contribution in [0, 0.1) is 10.1 Å². The Morgan fingerprint density at radius 1 is 1.33 bits per heavy atom. The van der Waals surface area contributed by atoms with E-state index in [1.54, 1.807) is 0 Å². The SMILES string of the molecule is Nc1c(Cl)cc([N+](=O)[O-])cc1C(=O)N1CC(=O)NC(=O)C1. The summed E-state index contributed by atoms with van der Waals surface area (Å²) in [5.74, 6) is -2.06. The highest BCUT2D eigenvalue weighted by atomic mass is 35.5. The second kappa shape index (κ2) is 5.37. The maximum atomic E-state index is 12.3. The Kier molecular flexibility index (Phi) is 3.76. The molecule has 1 saturated heterocycles. The highest BCUT2D eigenvalue weighted by Crippen LogP contribution is 2.29. The Bertz CT molecular complexity index is 659. The maximum Gasteiger partial charge on any atom is 0.271 e. The van der Waals surface area contributed by atoms with Gasteiger partial charge in [-0.25, -0.2) is 0 Å². The molecular weight excluding hydrogens is 304 g/mol. The summed E-state index contributed by atoms with van der Waals surface area (Å²) < 4.78 is 0. The summed E-state index contributed by atoms with van der Waals surface area (Å²) in [6.45, 7) is -0.686. The molecule has 10 heteroatoms. The van der Waals surface area contributed by atoms with Gasteiger partial charge in [-0.15, -0.1) is 0 Å². The van der Waals surface area contributed by atoms with E-state index in [2.05, 4.69) is 0 Å². The van der Waals surface area contributed by atoms with Gasteiger partial charge in [0.1, 0.15) is 13.1 Å². The summed E-state index contributed by atoms with van der Waals surface area (Å²) in [4.78, 5) is 45.8. The van der Waals surface area contributed by atoms with Gasteiger partial charge in [-0.3, -0.25) is 29.8 Å². The molecule has 0 saturated carbocycles. The van der Waals surface area contributed by atoms with Gasteiger partial charge in [0.2, 0.25) is 11.8 Å². The number of nitrogen functional groups attached to an aromatic ring is 1. The predicted octanol–water partition coefficient (Wildman–Crippen LogP) is -0.0710. The van der Waals surface area contributed by atoms with Crippen LogP contribution in [0.15, 0.2) is 12.1 Å². The van der Waals surface area contributed by atoms with Gasteiger partial charge in [0, 0.05) is 12.1 Å². The molecule has 0 radical (unpaired) electrons. The molecule has 1 aliphatic rings. The lowest BCUT2D eigenvalue weighted by Gasteiger charge is -2.25.